The molecule has 0 radical (unpaired) electrons. The second kappa shape index (κ2) is 10.00. The molecule has 0 unspecified atom stereocenters. The molecular weight excluding hydrogens is 416 g/mol. The third-order valence-electron chi connectivity index (χ3n) is 4.34. The zero-order valence-electron chi connectivity index (χ0n) is 17.2. The molecule has 0 saturated carbocycles. The zero-order valence-corrected chi connectivity index (χ0v) is 17.9. The molecule has 3 aromatic carbocycles. The van der Waals surface area contributed by atoms with Crippen LogP contribution in [-0.4, -0.2) is 23.5 Å². The standard InChI is InChI=1S/C24H23ClN2O4/c1-15(2)14-26-24(30)19-13-18(31-17-6-4-3-5-7-17)9-10-21(19)27-23(29)16-8-11-22(28)20(25)12-16/h3-13,15,28H,14H2,1-2H3,(H,26,30)(H,27,29). The second-order valence-electron chi connectivity index (χ2n) is 7.35. The topological polar surface area (TPSA) is 87.7 Å². The fraction of sp³-hybridized carbons (Fsp3) is 0.167. The molecule has 0 bridgehead atoms. The number of rotatable bonds is 7. The van der Waals surface area contributed by atoms with Crippen LogP contribution in [0.3, 0.4) is 0 Å². The third kappa shape index (κ3) is 5.99. The van der Waals surface area contributed by atoms with E-state index in [1.165, 1.54) is 18.2 Å². The van der Waals surface area contributed by atoms with E-state index in [9.17, 15) is 14.7 Å². The van der Waals surface area contributed by atoms with Gasteiger partial charge in [-0.25, -0.2) is 0 Å². The summed E-state index contributed by atoms with van der Waals surface area (Å²) >= 11 is 5.90. The number of aromatic hydroxyl groups is 1. The van der Waals surface area contributed by atoms with Crippen LogP contribution in [0.1, 0.15) is 34.6 Å². The molecule has 0 aliphatic rings. The van der Waals surface area contributed by atoms with Crippen molar-refractivity contribution in [3.63, 3.8) is 0 Å². The number of phenolic OH excluding ortho intramolecular Hbond substituents is 1. The predicted octanol–water partition coefficient (Wildman–Crippen LogP) is 5.48. The molecule has 2 amide bonds. The van der Waals surface area contributed by atoms with Crippen LogP contribution in [0.4, 0.5) is 5.69 Å². The van der Waals surface area contributed by atoms with E-state index in [4.69, 9.17) is 16.3 Å². The van der Waals surface area contributed by atoms with Crippen LogP contribution in [-0.2, 0) is 0 Å². The Bertz CT molecular complexity index is 1080. The summed E-state index contributed by atoms with van der Waals surface area (Å²) in [7, 11) is 0. The number of hydrogen-bond acceptors (Lipinski definition) is 4. The van der Waals surface area contributed by atoms with Crippen molar-refractivity contribution in [1.29, 1.82) is 0 Å². The highest BCUT2D eigenvalue weighted by Gasteiger charge is 2.17. The Morgan fingerprint density at radius 3 is 2.39 bits per heavy atom. The quantitative estimate of drug-likeness (QED) is 0.456. The van der Waals surface area contributed by atoms with Gasteiger partial charge < -0.3 is 20.5 Å². The Balaban J connectivity index is 1.88. The fourth-order valence-electron chi connectivity index (χ4n) is 2.74. The summed E-state index contributed by atoms with van der Waals surface area (Å²) in [4.78, 5) is 25.5. The number of para-hydroxylation sites is 1. The van der Waals surface area contributed by atoms with E-state index < -0.39 is 5.91 Å². The Morgan fingerprint density at radius 1 is 0.968 bits per heavy atom. The van der Waals surface area contributed by atoms with Crippen molar-refractivity contribution in [2.45, 2.75) is 13.8 Å². The van der Waals surface area contributed by atoms with Crippen molar-refractivity contribution >= 4 is 29.1 Å². The minimum Gasteiger partial charge on any atom is -0.506 e. The first-order valence-corrected chi connectivity index (χ1v) is 10.2. The van der Waals surface area contributed by atoms with Gasteiger partial charge in [0.1, 0.15) is 17.2 Å². The van der Waals surface area contributed by atoms with Crippen molar-refractivity contribution in [3.05, 3.63) is 82.9 Å². The van der Waals surface area contributed by atoms with Crippen molar-refractivity contribution in [2.24, 2.45) is 5.92 Å². The number of phenols is 1. The summed E-state index contributed by atoms with van der Waals surface area (Å²) < 4.78 is 5.83. The summed E-state index contributed by atoms with van der Waals surface area (Å²) in [5.41, 5.74) is 0.851. The molecule has 160 valence electrons. The molecule has 0 heterocycles. The summed E-state index contributed by atoms with van der Waals surface area (Å²) in [6.07, 6.45) is 0. The van der Waals surface area contributed by atoms with Crippen LogP contribution in [0.25, 0.3) is 0 Å². The monoisotopic (exact) mass is 438 g/mol. The molecule has 0 aromatic heterocycles. The van der Waals surface area contributed by atoms with Crippen LogP contribution in [0.2, 0.25) is 5.02 Å². The molecule has 3 aromatic rings. The van der Waals surface area contributed by atoms with Crippen molar-refractivity contribution < 1.29 is 19.4 Å². The average Bonchev–Trinajstić information content (AvgIpc) is 2.75. The van der Waals surface area contributed by atoms with Gasteiger partial charge >= 0.3 is 0 Å². The lowest BCUT2D eigenvalue weighted by Gasteiger charge is -2.15. The number of nitrogens with one attached hydrogen (secondary N) is 2. The maximum absolute atomic E-state index is 12.8. The van der Waals surface area contributed by atoms with Gasteiger partial charge in [0.2, 0.25) is 0 Å². The van der Waals surface area contributed by atoms with Gasteiger partial charge in [0, 0.05) is 12.1 Å². The number of anilines is 1. The van der Waals surface area contributed by atoms with Crippen LogP contribution < -0.4 is 15.4 Å². The van der Waals surface area contributed by atoms with Crippen LogP contribution >= 0.6 is 11.6 Å². The van der Waals surface area contributed by atoms with Crippen LogP contribution in [0, 0.1) is 5.92 Å². The van der Waals surface area contributed by atoms with E-state index in [1.54, 1.807) is 18.2 Å². The highest BCUT2D eigenvalue weighted by Crippen LogP contribution is 2.28. The third-order valence-corrected chi connectivity index (χ3v) is 4.65. The average molecular weight is 439 g/mol. The Kier molecular flexibility index (Phi) is 7.15. The SMILES string of the molecule is CC(C)CNC(=O)c1cc(Oc2ccccc2)ccc1NC(=O)c1ccc(O)c(Cl)c1. The summed E-state index contributed by atoms with van der Waals surface area (Å²) in [5.74, 6) is 0.459. The van der Waals surface area contributed by atoms with Gasteiger partial charge in [-0.2, -0.15) is 0 Å². The first kappa shape index (κ1) is 22.2. The maximum Gasteiger partial charge on any atom is 0.255 e. The van der Waals surface area contributed by atoms with Gasteiger partial charge in [0.15, 0.2) is 0 Å². The van der Waals surface area contributed by atoms with E-state index in [0.29, 0.717) is 23.7 Å². The summed E-state index contributed by atoms with van der Waals surface area (Å²) in [6.45, 7) is 4.47. The van der Waals surface area contributed by atoms with Gasteiger partial charge in [-0.3, -0.25) is 9.59 Å². The molecule has 3 N–H and O–H groups in total. The first-order valence-electron chi connectivity index (χ1n) is 9.78. The number of amides is 2. The number of halogens is 1. The lowest BCUT2D eigenvalue weighted by Crippen LogP contribution is -2.28. The van der Waals surface area contributed by atoms with E-state index in [1.807, 2.05) is 44.2 Å². The largest absolute Gasteiger partial charge is 0.506 e. The van der Waals surface area contributed by atoms with Gasteiger partial charge in [-0.05, 0) is 54.4 Å². The van der Waals surface area contributed by atoms with Crippen LogP contribution in [0.15, 0.2) is 66.7 Å². The van der Waals surface area contributed by atoms with Gasteiger partial charge in [-0.15, -0.1) is 0 Å². The molecular formula is C24H23ClN2O4. The smallest absolute Gasteiger partial charge is 0.255 e. The van der Waals surface area contributed by atoms with Crippen molar-refractivity contribution in [3.8, 4) is 17.2 Å². The summed E-state index contributed by atoms with van der Waals surface area (Å²) in [5, 5.41) is 15.2. The molecule has 31 heavy (non-hydrogen) atoms. The Morgan fingerprint density at radius 2 is 1.71 bits per heavy atom. The highest BCUT2D eigenvalue weighted by molar-refractivity contribution is 6.32. The lowest BCUT2D eigenvalue weighted by molar-refractivity contribution is 0.0949. The molecule has 3 rings (SSSR count). The van der Waals surface area contributed by atoms with Gasteiger partial charge in [0.25, 0.3) is 11.8 Å². The number of carbonyl (C=O) groups is 2. The number of ether oxygens (including phenoxy) is 1. The minimum absolute atomic E-state index is 0.0640. The Hall–Kier alpha value is -3.51. The predicted molar refractivity (Wildman–Crippen MR) is 121 cm³/mol. The van der Waals surface area contributed by atoms with E-state index in [2.05, 4.69) is 10.6 Å². The molecule has 0 fully saturated rings. The van der Waals surface area contributed by atoms with Gasteiger partial charge in [0.05, 0.1) is 16.3 Å². The van der Waals surface area contributed by atoms with E-state index in [-0.39, 0.29) is 33.7 Å². The molecule has 0 atom stereocenters. The van der Waals surface area contributed by atoms with Crippen molar-refractivity contribution in [1.82, 2.24) is 5.32 Å². The normalized spacial score (nSPS) is 10.6. The van der Waals surface area contributed by atoms with E-state index in [0.717, 1.165) is 0 Å². The molecule has 6 nitrogen and oxygen atoms in total. The number of hydrogen-bond donors (Lipinski definition) is 3. The Labute approximate surface area is 185 Å². The minimum atomic E-state index is -0.462. The number of carbonyl (C=O) groups excluding carboxylic acids is 2. The zero-order chi connectivity index (χ0) is 22.4. The van der Waals surface area contributed by atoms with Gasteiger partial charge in [-0.1, -0.05) is 43.6 Å². The molecule has 0 spiro atoms. The highest BCUT2D eigenvalue weighted by atomic mass is 35.5. The van der Waals surface area contributed by atoms with E-state index >= 15 is 0 Å². The van der Waals surface area contributed by atoms with Crippen molar-refractivity contribution in [2.75, 3.05) is 11.9 Å². The molecule has 7 heteroatoms. The molecule has 0 saturated heterocycles. The summed E-state index contributed by atoms with van der Waals surface area (Å²) in [6, 6.07) is 18.2. The maximum atomic E-state index is 12.8. The second-order valence-corrected chi connectivity index (χ2v) is 7.75. The van der Waals surface area contributed by atoms with Crippen LogP contribution in [0.5, 0.6) is 17.2 Å². The lowest BCUT2D eigenvalue weighted by atomic mass is 10.1. The number of benzene rings is 3. The first-order chi connectivity index (χ1) is 14.8. The molecule has 0 aliphatic heterocycles. The fourth-order valence-corrected chi connectivity index (χ4v) is 2.92. The molecule has 0 aliphatic carbocycles.